The van der Waals surface area contributed by atoms with Crippen molar-refractivity contribution in [3.05, 3.63) is 41.7 Å². The molecule has 7 nitrogen and oxygen atoms in total. The van der Waals surface area contributed by atoms with Crippen LogP contribution in [0.15, 0.2) is 30.5 Å². The number of benzene rings is 1. The third-order valence-corrected chi connectivity index (χ3v) is 4.55. The zero-order chi connectivity index (χ0) is 18.0. The summed E-state index contributed by atoms with van der Waals surface area (Å²) >= 11 is 0. The van der Waals surface area contributed by atoms with Gasteiger partial charge in [0.05, 0.1) is 13.0 Å². The van der Waals surface area contributed by atoms with E-state index in [9.17, 15) is 14.7 Å². The summed E-state index contributed by atoms with van der Waals surface area (Å²) in [5.74, 6) is -1.09. The van der Waals surface area contributed by atoms with Crippen molar-refractivity contribution in [1.82, 2.24) is 15.1 Å². The number of amides is 1. The second-order valence-electron chi connectivity index (χ2n) is 6.28. The Morgan fingerprint density at radius 2 is 2.12 bits per heavy atom. The third-order valence-electron chi connectivity index (χ3n) is 4.55. The SMILES string of the molecule is COc1ccc(C)cc1-n1ccc(C(=O)N[C@@H]2CCC[C@@H]2C(=O)O)n1. The lowest BCUT2D eigenvalue weighted by molar-refractivity contribution is -0.142. The van der Waals surface area contributed by atoms with E-state index in [1.54, 1.807) is 24.1 Å². The summed E-state index contributed by atoms with van der Waals surface area (Å²) in [6, 6.07) is 6.98. The van der Waals surface area contributed by atoms with Gasteiger partial charge < -0.3 is 15.2 Å². The Morgan fingerprint density at radius 1 is 1.32 bits per heavy atom. The highest BCUT2D eigenvalue weighted by Crippen LogP contribution is 2.26. The van der Waals surface area contributed by atoms with Crippen molar-refractivity contribution in [1.29, 1.82) is 0 Å². The average Bonchev–Trinajstić information content (AvgIpc) is 3.24. The first-order valence-electron chi connectivity index (χ1n) is 8.24. The Labute approximate surface area is 145 Å². The summed E-state index contributed by atoms with van der Waals surface area (Å²) in [7, 11) is 1.58. The molecule has 0 spiro atoms. The number of carboxylic acids is 1. The van der Waals surface area contributed by atoms with Gasteiger partial charge in [-0.05, 0) is 43.5 Å². The third kappa shape index (κ3) is 3.50. The molecule has 1 aliphatic rings. The van der Waals surface area contributed by atoms with Crippen molar-refractivity contribution in [2.45, 2.75) is 32.2 Å². The Kier molecular flexibility index (Phi) is 4.74. The van der Waals surface area contributed by atoms with Crippen LogP contribution in [0, 0.1) is 12.8 Å². The summed E-state index contributed by atoms with van der Waals surface area (Å²) in [6.07, 6.45) is 3.76. The van der Waals surface area contributed by atoms with Crippen LogP contribution < -0.4 is 10.1 Å². The van der Waals surface area contributed by atoms with Gasteiger partial charge in [0.2, 0.25) is 0 Å². The minimum absolute atomic E-state index is 0.250. The fourth-order valence-electron chi connectivity index (χ4n) is 3.23. The Bertz CT molecular complexity index is 799. The second-order valence-corrected chi connectivity index (χ2v) is 6.28. The molecule has 7 heteroatoms. The number of nitrogens with zero attached hydrogens (tertiary/aromatic N) is 2. The Balaban J connectivity index is 1.78. The predicted octanol–water partition coefficient (Wildman–Crippen LogP) is 2.17. The van der Waals surface area contributed by atoms with Gasteiger partial charge in [-0.3, -0.25) is 9.59 Å². The maximum absolute atomic E-state index is 12.4. The number of hydrogen-bond acceptors (Lipinski definition) is 4. The fraction of sp³-hybridized carbons (Fsp3) is 0.389. The van der Waals surface area contributed by atoms with Crippen LogP contribution in [-0.2, 0) is 4.79 Å². The lowest BCUT2D eigenvalue weighted by Crippen LogP contribution is -2.40. The van der Waals surface area contributed by atoms with Gasteiger partial charge in [0.1, 0.15) is 11.4 Å². The van der Waals surface area contributed by atoms with Crippen LogP contribution >= 0.6 is 0 Å². The van der Waals surface area contributed by atoms with E-state index in [1.807, 2.05) is 25.1 Å². The van der Waals surface area contributed by atoms with Crippen LogP contribution in [0.2, 0.25) is 0 Å². The van der Waals surface area contributed by atoms with Crippen molar-refractivity contribution < 1.29 is 19.4 Å². The molecule has 0 radical (unpaired) electrons. The molecule has 0 unspecified atom stereocenters. The molecular formula is C18H21N3O4. The van der Waals surface area contributed by atoms with Crippen molar-refractivity contribution in [3.63, 3.8) is 0 Å². The number of carbonyl (C=O) groups is 2. The van der Waals surface area contributed by atoms with E-state index < -0.39 is 11.9 Å². The number of hydrogen-bond donors (Lipinski definition) is 2. The largest absolute Gasteiger partial charge is 0.494 e. The zero-order valence-electron chi connectivity index (χ0n) is 14.2. The number of aryl methyl sites for hydroxylation is 1. The normalized spacial score (nSPS) is 19.6. The fourth-order valence-corrected chi connectivity index (χ4v) is 3.23. The summed E-state index contributed by atoms with van der Waals surface area (Å²) in [5.41, 5.74) is 2.04. The molecule has 2 atom stereocenters. The molecule has 1 saturated carbocycles. The molecule has 3 rings (SSSR count). The van der Waals surface area contributed by atoms with Gasteiger partial charge in [-0.25, -0.2) is 4.68 Å². The number of rotatable bonds is 5. The lowest BCUT2D eigenvalue weighted by Gasteiger charge is -2.16. The van der Waals surface area contributed by atoms with Gasteiger partial charge in [-0.15, -0.1) is 0 Å². The van der Waals surface area contributed by atoms with Gasteiger partial charge in [-0.2, -0.15) is 5.10 Å². The van der Waals surface area contributed by atoms with Crippen molar-refractivity contribution in [2.24, 2.45) is 5.92 Å². The topological polar surface area (TPSA) is 93.5 Å². The molecule has 2 aromatic rings. The number of ether oxygens (including phenoxy) is 1. The van der Waals surface area contributed by atoms with E-state index in [0.29, 0.717) is 18.6 Å². The molecule has 1 aliphatic carbocycles. The zero-order valence-corrected chi connectivity index (χ0v) is 14.2. The van der Waals surface area contributed by atoms with Crippen LogP contribution in [0.5, 0.6) is 5.75 Å². The van der Waals surface area contributed by atoms with Crippen LogP contribution in [0.1, 0.15) is 35.3 Å². The van der Waals surface area contributed by atoms with Gasteiger partial charge in [0.15, 0.2) is 5.69 Å². The van der Waals surface area contributed by atoms with Crippen molar-refractivity contribution in [3.8, 4) is 11.4 Å². The molecule has 0 bridgehead atoms. The van der Waals surface area contributed by atoms with E-state index in [4.69, 9.17) is 4.74 Å². The molecule has 0 saturated heterocycles. The molecule has 132 valence electrons. The quantitative estimate of drug-likeness (QED) is 0.868. The van der Waals surface area contributed by atoms with Crippen LogP contribution in [0.4, 0.5) is 0 Å². The molecule has 25 heavy (non-hydrogen) atoms. The number of nitrogens with one attached hydrogen (secondary N) is 1. The summed E-state index contributed by atoms with van der Waals surface area (Å²) < 4.78 is 6.93. The summed E-state index contributed by atoms with van der Waals surface area (Å²) in [4.78, 5) is 23.7. The first kappa shape index (κ1) is 17.0. The average molecular weight is 343 g/mol. The van der Waals surface area contributed by atoms with Gasteiger partial charge >= 0.3 is 5.97 Å². The van der Waals surface area contributed by atoms with Gasteiger partial charge in [0.25, 0.3) is 5.91 Å². The molecule has 1 heterocycles. The van der Waals surface area contributed by atoms with E-state index in [0.717, 1.165) is 17.7 Å². The number of aromatic nitrogens is 2. The number of methoxy groups -OCH3 is 1. The van der Waals surface area contributed by atoms with Crippen LogP contribution in [-0.4, -0.2) is 39.9 Å². The van der Waals surface area contributed by atoms with Gasteiger partial charge in [-0.1, -0.05) is 12.5 Å². The summed E-state index contributed by atoms with van der Waals surface area (Å²) in [6.45, 7) is 1.96. The molecule has 0 aliphatic heterocycles. The smallest absolute Gasteiger partial charge is 0.308 e. The number of carboxylic acid groups (broad SMARTS) is 1. The highest BCUT2D eigenvalue weighted by Gasteiger charge is 2.34. The minimum atomic E-state index is -0.863. The molecule has 1 aromatic heterocycles. The number of aliphatic carboxylic acids is 1. The lowest BCUT2D eigenvalue weighted by atomic mass is 10.0. The predicted molar refractivity (Wildman–Crippen MR) is 91.1 cm³/mol. The first-order valence-corrected chi connectivity index (χ1v) is 8.24. The molecule has 1 fully saturated rings. The number of carbonyl (C=O) groups excluding carboxylic acids is 1. The monoisotopic (exact) mass is 343 g/mol. The highest BCUT2D eigenvalue weighted by atomic mass is 16.5. The van der Waals surface area contributed by atoms with Crippen molar-refractivity contribution >= 4 is 11.9 Å². The van der Waals surface area contributed by atoms with Crippen molar-refractivity contribution in [2.75, 3.05) is 7.11 Å². The van der Waals surface area contributed by atoms with E-state index in [-0.39, 0.29) is 17.6 Å². The van der Waals surface area contributed by atoms with E-state index >= 15 is 0 Å². The molecule has 1 aromatic carbocycles. The standard InChI is InChI=1S/C18H21N3O4/c1-11-6-7-16(25-2)15(10-11)21-9-8-14(20-21)17(22)19-13-5-3-4-12(13)18(23)24/h6-10,12-13H,3-5H2,1-2H3,(H,19,22)(H,23,24)/t12-,13+/m0/s1. The Morgan fingerprint density at radius 3 is 2.84 bits per heavy atom. The highest BCUT2D eigenvalue weighted by molar-refractivity contribution is 5.92. The van der Waals surface area contributed by atoms with Gasteiger partial charge in [0, 0.05) is 12.2 Å². The van der Waals surface area contributed by atoms with Crippen LogP contribution in [0.3, 0.4) is 0 Å². The van der Waals surface area contributed by atoms with E-state index in [2.05, 4.69) is 10.4 Å². The maximum atomic E-state index is 12.4. The molecular weight excluding hydrogens is 322 g/mol. The second kappa shape index (κ2) is 6.96. The molecule has 2 N–H and O–H groups in total. The van der Waals surface area contributed by atoms with E-state index in [1.165, 1.54) is 0 Å². The van der Waals surface area contributed by atoms with Crippen LogP contribution in [0.25, 0.3) is 5.69 Å². The maximum Gasteiger partial charge on any atom is 0.308 e. The Hall–Kier alpha value is -2.83. The molecule has 1 amide bonds. The summed E-state index contributed by atoms with van der Waals surface area (Å²) in [5, 5.41) is 16.3. The first-order chi connectivity index (χ1) is 12.0. The minimum Gasteiger partial charge on any atom is -0.494 e.